The van der Waals surface area contributed by atoms with E-state index in [9.17, 15) is 9.18 Å². The summed E-state index contributed by atoms with van der Waals surface area (Å²) in [6.45, 7) is 1.12. The fourth-order valence-corrected chi connectivity index (χ4v) is 3.02. The number of methoxy groups -OCH3 is 1. The highest BCUT2D eigenvalue weighted by atomic mass is 19.1. The number of hydrogen-bond acceptors (Lipinski definition) is 3. The van der Waals surface area contributed by atoms with E-state index in [0.29, 0.717) is 13.1 Å². The molecule has 1 aliphatic rings. The van der Waals surface area contributed by atoms with E-state index >= 15 is 0 Å². The third-order valence-corrected chi connectivity index (χ3v) is 4.37. The Kier molecular flexibility index (Phi) is 4.81. The molecule has 1 amide bonds. The van der Waals surface area contributed by atoms with E-state index in [4.69, 9.17) is 10.5 Å². The van der Waals surface area contributed by atoms with Crippen LogP contribution in [0, 0.1) is 5.82 Å². The fourth-order valence-electron chi connectivity index (χ4n) is 3.02. The van der Waals surface area contributed by atoms with Crippen LogP contribution in [0.3, 0.4) is 0 Å². The van der Waals surface area contributed by atoms with Crippen molar-refractivity contribution in [1.82, 2.24) is 4.90 Å². The van der Waals surface area contributed by atoms with Crippen LogP contribution in [-0.2, 0) is 0 Å². The van der Waals surface area contributed by atoms with E-state index in [1.807, 2.05) is 24.3 Å². The number of piperidine rings is 1. The van der Waals surface area contributed by atoms with Gasteiger partial charge in [-0.15, -0.1) is 0 Å². The largest absolute Gasteiger partial charge is 0.497 e. The van der Waals surface area contributed by atoms with Crippen molar-refractivity contribution in [2.45, 2.75) is 18.9 Å². The van der Waals surface area contributed by atoms with Gasteiger partial charge in [0.2, 0.25) is 0 Å². The Hall–Kier alpha value is -2.40. The first-order chi connectivity index (χ1) is 11.6. The zero-order chi connectivity index (χ0) is 17.1. The highest BCUT2D eigenvalue weighted by Crippen LogP contribution is 2.25. The average Bonchev–Trinajstić information content (AvgIpc) is 2.61. The first kappa shape index (κ1) is 16.5. The molecule has 1 atom stereocenters. The van der Waals surface area contributed by atoms with Gasteiger partial charge in [0.15, 0.2) is 0 Å². The first-order valence-electron chi connectivity index (χ1n) is 8.07. The van der Waals surface area contributed by atoms with Crippen molar-refractivity contribution in [1.29, 1.82) is 0 Å². The molecule has 1 heterocycles. The number of halogens is 1. The molecule has 3 rings (SSSR count). The van der Waals surface area contributed by atoms with Gasteiger partial charge in [-0.05, 0) is 48.2 Å². The van der Waals surface area contributed by atoms with Crippen molar-refractivity contribution < 1.29 is 13.9 Å². The van der Waals surface area contributed by atoms with Crippen LogP contribution < -0.4 is 10.5 Å². The third kappa shape index (κ3) is 3.41. The average molecular weight is 328 g/mol. The monoisotopic (exact) mass is 328 g/mol. The standard InChI is InChI=1S/C19H21FN2O2/c1-24-16-7-4-13(5-8-16)14-6-9-17(18(20)11-14)19(23)22-10-2-3-15(21)12-22/h4-9,11,15H,2-3,10,12,21H2,1H3/t15-/m0/s1. The van der Waals surface area contributed by atoms with Gasteiger partial charge in [-0.25, -0.2) is 4.39 Å². The number of likely N-dealkylation sites (tertiary alicyclic amines) is 1. The molecule has 4 nitrogen and oxygen atoms in total. The number of nitrogens with zero attached hydrogens (tertiary/aromatic N) is 1. The predicted molar refractivity (Wildman–Crippen MR) is 91.5 cm³/mol. The van der Waals surface area contributed by atoms with Crippen LogP contribution in [0.25, 0.3) is 11.1 Å². The number of nitrogens with two attached hydrogens (primary N) is 1. The van der Waals surface area contributed by atoms with E-state index in [2.05, 4.69) is 0 Å². The van der Waals surface area contributed by atoms with Gasteiger partial charge >= 0.3 is 0 Å². The Morgan fingerprint density at radius 3 is 2.54 bits per heavy atom. The van der Waals surface area contributed by atoms with E-state index in [0.717, 1.165) is 29.7 Å². The molecule has 0 saturated carbocycles. The van der Waals surface area contributed by atoms with Crippen molar-refractivity contribution in [3.8, 4) is 16.9 Å². The second-order valence-electron chi connectivity index (χ2n) is 6.08. The number of amides is 1. The van der Waals surface area contributed by atoms with Crippen molar-refractivity contribution in [2.75, 3.05) is 20.2 Å². The van der Waals surface area contributed by atoms with Gasteiger partial charge in [0.25, 0.3) is 5.91 Å². The molecule has 24 heavy (non-hydrogen) atoms. The smallest absolute Gasteiger partial charge is 0.256 e. The van der Waals surface area contributed by atoms with Crippen molar-refractivity contribution in [3.63, 3.8) is 0 Å². The Morgan fingerprint density at radius 1 is 1.21 bits per heavy atom. The molecule has 2 aromatic carbocycles. The molecule has 0 radical (unpaired) electrons. The molecule has 0 aromatic heterocycles. The summed E-state index contributed by atoms with van der Waals surface area (Å²) in [5.41, 5.74) is 7.60. The maximum atomic E-state index is 14.5. The highest BCUT2D eigenvalue weighted by molar-refractivity contribution is 5.95. The Morgan fingerprint density at radius 2 is 1.92 bits per heavy atom. The summed E-state index contributed by atoms with van der Waals surface area (Å²) in [6, 6.07) is 12.1. The lowest BCUT2D eigenvalue weighted by molar-refractivity contribution is 0.0704. The number of ether oxygens (including phenoxy) is 1. The van der Waals surface area contributed by atoms with Crippen molar-refractivity contribution >= 4 is 5.91 Å². The number of hydrogen-bond donors (Lipinski definition) is 1. The zero-order valence-electron chi connectivity index (χ0n) is 13.7. The molecule has 0 spiro atoms. The Balaban J connectivity index is 1.82. The van der Waals surface area contributed by atoms with Gasteiger partial charge < -0.3 is 15.4 Å². The summed E-state index contributed by atoms with van der Waals surface area (Å²) in [5.74, 6) is -0.0520. The lowest BCUT2D eigenvalue weighted by Crippen LogP contribution is -2.45. The second-order valence-corrected chi connectivity index (χ2v) is 6.08. The molecule has 0 bridgehead atoms. The zero-order valence-corrected chi connectivity index (χ0v) is 13.7. The minimum Gasteiger partial charge on any atom is -0.497 e. The lowest BCUT2D eigenvalue weighted by atomic mass is 10.0. The maximum absolute atomic E-state index is 14.5. The molecule has 126 valence electrons. The van der Waals surface area contributed by atoms with Crippen LogP contribution >= 0.6 is 0 Å². The van der Waals surface area contributed by atoms with Crippen LogP contribution in [0.5, 0.6) is 5.75 Å². The topological polar surface area (TPSA) is 55.6 Å². The molecule has 1 aliphatic heterocycles. The minimum atomic E-state index is -0.507. The summed E-state index contributed by atoms with van der Waals surface area (Å²) >= 11 is 0. The first-order valence-corrected chi connectivity index (χ1v) is 8.07. The van der Waals surface area contributed by atoms with Crippen molar-refractivity contribution in [3.05, 3.63) is 53.8 Å². The van der Waals surface area contributed by atoms with E-state index in [1.54, 1.807) is 24.1 Å². The van der Waals surface area contributed by atoms with Gasteiger partial charge in [0, 0.05) is 19.1 Å². The number of rotatable bonds is 3. The van der Waals surface area contributed by atoms with E-state index < -0.39 is 5.82 Å². The molecule has 0 aliphatic carbocycles. The quantitative estimate of drug-likeness (QED) is 0.942. The third-order valence-electron chi connectivity index (χ3n) is 4.37. The Labute approximate surface area is 141 Å². The SMILES string of the molecule is COc1ccc(-c2ccc(C(=O)N3CCC[C@H](N)C3)c(F)c2)cc1. The molecule has 1 fully saturated rings. The van der Waals surface area contributed by atoms with E-state index in [-0.39, 0.29) is 17.5 Å². The molecule has 2 N–H and O–H groups in total. The molecular formula is C19H21FN2O2. The summed E-state index contributed by atoms with van der Waals surface area (Å²) in [5, 5.41) is 0. The van der Waals surface area contributed by atoms with Crippen LogP contribution in [0.1, 0.15) is 23.2 Å². The normalized spacial score (nSPS) is 17.6. The second kappa shape index (κ2) is 7.01. The van der Waals surface area contributed by atoms with Gasteiger partial charge in [0.1, 0.15) is 11.6 Å². The molecular weight excluding hydrogens is 307 g/mol. The van der Waals surface area contributed by atoms with Crippen molar-refractivity contribution in [2.24, 2.45) is 5.73 Å². The number of carbonyl (C=O) groups is 1. The number of carbonyl (C=O) groups excluding carboxylic acids is 1. The predicted octanol–water partition coefficient (Wildman–Crippen LogP) is 3.06. The van der Waals surface area contributed by atoms with Gasteiger partial charge in [-0.2, -0.15) is 0 Å². The lowest BCUT2D eigenvalue weighted by Gasteiger charge is -2.30. The van der Waals surface area contributed by atoms with Crippen LogP contribution in [0.4, 0.5) is 4.39 Å². The van der Waals surface area contributed by atoms with Gasteiger partial charge in [-0.3, -0.25) is 4.79 Å². The minimum absolute atomic E-state index is 0.0238. The molecule has 0 unspecified atom stereocenters. The molecule has 2 aromatic rings. The fraction of sp³-hybridized carbons (Fsp3) is 0.316. The van der Waals surface area contributed by atoms with Gasteiger partial charge in [-0.1, -0.05) is 18.2 Å². The maximum Gasteiger partial charge on any atom is 0.256 e. The molecule has 1 saturated heterocycles. The highest BCUT2D eigenvalue weighted by Gasteiger charge is 2.24. The summed E-state index contributed by atoms with van der Waals surface area (Å²) in [4.78, 5) is 14.1. The summed E-state index contributed by atoms with van der Waals surface area (Å²) < 4.78 is 19.6. The van der Waals surface area contributed by atoms with Crippen LogP contribution in [-0.4, -0.2) is 37.0 Å². The summed E-state index contributed by atoms with van der Waals surface area (Å²) in [6.07, 6.45) is 1.77. The van der Waals surface area contributed by atoms with E-state index in [1.165, 1.54) is 6.07 Å². The summed E-state index contributed by atoms with van der Waals surface area (Å²) in [7, 11) is 1.60. The Bertz CT molecular complexity index is 731. The molecule has 5 heteroatoms. The number of benzene rings is 2. The van der Waals surface area contributed by atoms with Crippen LogP contribution in [0.2, 0.25) is 0 Å². The van der Waals surface area contributed by atoms with Gasteiger partial charge in [0.05, 0.1) is 12.7 Å². The van der Waals surface area contributed by atoms with Crippen LogP contribution in [0.15, 0.2) is 42.5 Å².